The topological polar surface area (TPSA) is 75.7 Å². The van der Waals surface area contributed by atoms with Crippen molar-refractivity contribution in [3.63, 3.8) is 0 Å². The molecule has 0 unspecified atom stereocenters. The molecule has 7 heteroatoms. The van der Waals surface area contributed by atoms with Gasteiger partial charge in [0.15, 0.2) is 0 Å². The molecule has 3 atom stereocenters. The lowest BCUT2D eigenvalue weighted by Crippen LogP contribution is -2.43. The fourth-order valence-electron chi connectivity index (χ4n) is 3.25. The number of hydrogen-bond acceptors (Lipinski definition) is 4. The van der Waals surface area contributed by atoms with Gasteiger partial charge in [-0.2, -0.15) is 0 Å². The highest BCUT2D eigenvalue weighted by Gasteiger charge is 2.29. The van der Waals surface area contributed by atoms with Gasteiger partial charge in [-0.25, -0.2) is 12.7 Å². The summed E-state index contributed by atoms with van der Waals surface area (Å²) in [5.74, 6) is 0.953. The fourth-order valence-corrected chi connectivity index (χ4v) is 4.33. The number of carbonyl (C=O) groups is 1. The lowest BCUT2D eigenvalue weighted by Gasteiger charge is -2.34. The number of methoxy groups -OCH3 is 1. The molecule has 2 rings (SSSR count). The number of nitrogens with zero attached hydrogens (tertiary/aromatic N) is 1. The maximum Gasteiger partial charge on any atom is 0.251 e. The van der Waals surface area contributed by atoms with Crippen LogP contribution in [0.5, 0.6) is 5.75 Å². The second kappa shape index (κ2) is 7.74. The molecular formula is C18H28N2O4S. The van der Waals surface area contributed by atoms with Gasteiger partial charge in [-0.15, -0.1) is 0 Å². The quantitative estimate of drug-likeness (QED) is 0.866. The van der Waals surface area contributed by atoms with Crippen LogP contribution in [0, 0.1) is 11.8 Å². The van der Waals surface area contributed by atoms with Crippen molar-refractivity contribution in [3.8, 4) is 5.75 Å². The van der Waals surface area contributed by atoms with E-state index in [-0.39, 0.29) is 22.6 Å². The van der Waals surface area contributed by atoms with E-state index in [0.29, 0.717) is 17.4 Å². The van der Waals surface area contributed by atoms with Crippen molar-refractivity contribution in [2.75, 3.05) is 21.2 Å². The van der Waals surface area contributed by atoms with Crippen molar-refractivity contribution >= 4 is 15.9 Å². The van der Waals surface area contributed by atoms with Crippen LogP contribution in [0.25, 0.3) is 0 Å². The molecule has 0 heterocycles. The number of carbonyl (C=O) groups excluding carboxylic acids is 1. The van der Waals surface area contributed by atoms with Gasteiger partial charge in [0.05, 0.1) is 7.11 Å². The summed E-state index contributed by atoms with van der Waals surface area (Å²) in [6.45, 7) is 4.36. The molecule has 1 aliphatic carbocycles. The molecule has 25 heavy (non-hydrogen) atoms. The smallest absolute Gasteiger partial charge is 0.251 e. The first-order valence-electron chi connectivity index (χ1n) is 8.60. The van der Waals surface area contributed by atoms with Gasteiger partial charge in [-0.1, -0.05) is 26.7 Å². The molecule has 0 aliphatic heterocycles. The molecule has 0 radical (unpaired) electrons. The van der Waals surface area contributed by atoms with Crippen LogP contribution in [0.1, 0.15) is 43.5 Å². The Labute approximate surface area is 150 Å². The molecule has 1 aliphatic rings. The molecule has 1 aromatic rings. The van der Waals surface area contributed by atoms with Crippen molar-refractivity contribution in [3.05, 3.63) is 23.8 Å². The Hall–Kier alpha value is -1.60. The third kappa shape index (κ3) is 4.15. The Balaban J connectivity index is 2.29. The van der Waals surface area contributed by atoms with Crippen LogP contribution in [0.2, 0.25) is 0 Å². The summed E-state index contributed by atoms with van der Waals surface area (Å²) in [6.07, 6.45) is 3.23. The highest BCUT2D eigenvalue weighted by Crippen LogP contribution is 2.30. The summed E-state index contributed by atoms with van der Waals surface area (Å²) in [7, 11) is 0.614. The van der Waals surface area contributed by atoms with Crippen LogP contribution in [-0.4, -0.2) is 45.9 Å². The summed E-state index contributed by atoms with van der Waals surface area (Å²) < 4.78 is 31.2. The van der Waals surface area contributed by atoms with E-state index >= 15 is 0 Å². The third-order valence-electron chi connectivity index (χ3n) is 5.21. The molecule has 1 amide bonds. The highest BCUT2D eigenvalue weighted by atomic mass is 32.2. The molecular weight excluding hydrogens is 340 g/mol. The normalized spacial score (nSPS) is 24.2. The average molecular weight is 368 g/mol. The minimum atomic E-state index is -3.70. The molecule has 1 aromatic carbocycles. The Morgan fingerprint density at radius 3 is 2.52 bits per heavy atom. The summed E-state index contributed by atoms with van der Waals surface area (Å²) in [4.78, 5) is 12.7. The van der Waals surface area contributed by atoms with E-state index < -0.39 is 10.0 Å². The largest absolute Gasteiger partial charge is 0.495 e. The monoisotopic (exact) mass is 368 g/mol. The van der Waals surface area contributed by atoms with Crippen molar-refractivity contribution in [2.45, 2.75) is 44.0 Å². The van der Waals surface area contributed by atoms with Gasteiger partial charge < -0.3 is 10.1 Å². The third-order valence-corrected chi connectivity index (χ3v) is 7.04. The molecule has 1 fully saturated rings. The summed E-state index contributed by atoms with van der Waals surface area (Å²) >= 11 is 0. The summed E-state index contributed by atoms with van der Waals surface area (Å²) in [5, 5.41) is 3.07. The molecule has 0 bridgehead atoms. The van der Waals surface area contributed by atoms with Gasteiger partial charge in [0.1, 0.15) is 10.6 Å². The van der Waals surface area contributed by atoms with Crippen LogP contribution in [0.3, 0.4) is 0 Å². The lowest BCUT2D eigenvalue weighted by molar-refractivity contribution is 0.0891. The Morgan fingerprint density at radius 1 is 1.24 bits per heavy atom. The van der Waals surface area contributed by atoms with Crippen molar-refractivity contribution in [2.24, 2.45) is 11.8 Å². The van der Waals surface area contributed by atoms with E-state index in [1.165, 1.54) is 39.8 Å². The molecule has 6 nitrogen and oxygen atoms in total. The number of hydrogen-bond donors (Lipinski definition) is 1. The standard InChI is InChI=1S/C18H28N2O4S/c1-12-7-6-8-15(13(12)2)19-18(21)14-9-10-16(24-5)17(11-14)25(22,23)20(3)4/h9-13,15H,6-8H2,1-5H3,(H,19,21)/t12-,13+,15+/m0/s1. The Kier molecular flexibility index (Phi) is 6.11. The highest BCUT2D eigenvalue weighted by molar-refractivity contribution is 7.89. The van der Waals surface area contributed by atoms with Crippen molar-refractivity contribution < 1.29 is 17.9 Å². The zero-order valence-electron chi connectivity index (χ0n) is 15.6. The maximum absolute atomic E-state index is 12.7. The van der Waals surface area contributed by atoms with Crippen LogP contribution in [0.15, 0.2) is 23.1 Å². The molecule has 0 spiro atoms. The Bertz CT molecular complexity index is 731. The molecule has 1 N–H and O–H groups in total. The van der Waals surface area contributed by atoms with E-state index in [1.807, 2.05) is 0 Å². The van der Waals surface area contributed by atoms with Crippen LogP contribution in [0.4, 0.5) is 0 Å². The number of sulfonamides is 1. The van der Waals surface area contributed by atoms with Crippen molar-refractivity contribution in [1.29, 1.82) is 0 Å². The fraction of sp³-hybridized carbons (Fsp3) is 0.611. The number of amides is 1. The van der Waals surface area contributed by atoms with Crippen LogP contribution >= 0.6 is 0 Å². The van der Waals surface area contributed by atoms with Crippen LogP contribution < -0.4 is 10.1 Å². The van der Waals surface area contributed by atoms with Gasteiger partial charge in [-0.05, 0) is 36.5 Å². The first-order chi connectivity index (χ1) is 11.7. The van der Waals surface area contributed by atoms with Gasteiger partial charge in [0, 0.05) is 25.7 Å². The van der Waals surface area contributed by atoms with Gasteiger partial charge in [0.2, 0.25) is 10.0 Å². The lowest BCUT2D eigenvalue weighted by atomic mass is 9.78. The first-order valence-corrected chi connectivity index (χ1v) is 10.0. The number of rotatable bonds is 5. The van der Waals surface area contributed by atoms with E-state index in [1.54, 1.807) is 6.07 Å². The maximum atomic E-state index is 12.7. The predicted octanol–water partition coefficient (Wildman–Crippen LogP) is 2.50. The zero-order valence-corrected chi connectivity index (χ0v) is 16.4. The first kappa shape index (κ1) is 19.7. The van der Waals surface area contributed by atoms with E-state index in [0.717, 1.165) is 17.1 Å². The number of benzene rings is 1. The summed E-state index contributed by atoms with van der Waals surface area (Å²) in [5.41, 5.74) is 0.326. The zero-order chi connectivity index (χ0) is 18.8. The SMILES string of the molecule is COc1ccc(C(=O)N[C@@H]2CCC[C@H](C)[C@H]2C)cc1S(=O)(=O)N(C)C. The number of nitrogens with one attached hydrogen (secondary N) is 1. The Morgan fingerprint density at radius 2 is 1.92 bits per heavy atom. The molecule has 140 valence electrons. The minimum absolute atomic E-state index is 0.00212. The average Bonchev–Trinajstić information content (AvgIpc) is 2.58. The molecule has 0 aromatic heterocycles. The van der Waals surface area contributed by atoms with E-state index in [2.05, 4.69) is 19.2 Å². The minimum Gasteiger partial charge on any atom is -0.495 e. The van der Waals surface area contributed by atoms with E-state index in [9.17, 15) is 13.2 Å². The van der Waals surface area contributed by atoms with Gasteiger partial charge in [0.25, 0.3) is 5.91 Å². The molecule has 0 saturated heterocycles. The number of ether oxygens (including phenoxy) is 1. The predicted molar refractivity (Wildman–Crippen MR) is 97.3 cm³/mol. The second-order valence-corrected chi connectivity index (χ2v) is 9.12. The molecule has 1 saturated carbocycles. The van der Waals surface area contributed by atoms with Gasteiger partial charge in [-0.3, -0.25) is 4.79 Å². The van der Waals surface area contributed by atoms with Gasteiger partial charge >= 0.3 is 0 Å². The van der Waals surface area contributed by atoms with Crippen LogP contribution in [-0.2, 0) is 10.0 Å². The second-order valence-electron chi connectivity index (χ2n) is 7.00. The van der Waals surface area contributed by atoms with Crippen molar-refractivity contribution in [1.82, 2.24) is 9.62 Å². The summed E-state index contributed by atoms with van der Waals surface area (Å²) in [6, 6.07) is 4.63. The van der Waals surface area contributed by atoms with E-state index in [4.69, 9.17) is 4.74 Å².